The second-order valence-corrected chi connectivity index (χ2v) is 21.1. The number of hydrogen-bond donors (Lipinski definition) is 4. The van der Waals surface area contributed by atoms with E-state index in [0.29, 0.717) is 70.6 Å². The Kier molecular flexibility index (Phi) is 12.2. The SMILES string of the molecule is Nc1nnc(-c2ccccc2O)cc1N1CC2CCC(C1)N2c1ccnc(C#CCN2CC(F)C(c3cccc(-c4cc(N5CC6CCC(C5)N6c5ccnc(C#CCN6CC7CC6CO7)c5)c(N)nn4)c3O)C2)c1. The summed E-state index contributed by atoms with van der Waals surface area (Å²) in [5, 5.41) is 39.7. The minimum atomic E-state index is -1.21. The first-order chi connectivity index (χ1) is 36.7. The van der Waals surface area contributed by atoms with E-state index in [9.17, 15) is 10.2 Å². The van der Waals surface area contributed by atoms with E-state index in [0.717, 1.165) is 106 Å². The van der Waals surface area contributed by atoms with E-state index < -0.39 is 12.1 Å². The number of aromatic hydroxyl groups is 2. The van der Waals surface area contributed by atoms with Crippen molar-refractivity contribution in [2.75, 3.05) is 96.6 Å². The fourth-order valence-corrected chi connectivity index (χ4v) is 13.1. The molecule has 13 rings (SSSR count). The van der Waals surface area contributed by atoms with Crippen LogP contribution in [0.4, 0.5) is 38.8 Å². The molecule has 75 heavy (non-hydrogen) atoms. The number of ether oxygens (including phenoxy) is 1. The van der Waals surface area contributed by atoms with Gasteiger partial charge in [-0.25, -0.2) is 14.4 Å². The topological polar surface area (TPSA) is 199 Å². The summed E-state index contributed by atoms with van der Waals surface area (Å²) in [7, 11) is 0. The van der Waals surface area contributed by atoms with E-state index in [2.05, 4.69) is 90.7 Å². The number of phenolic OH excluding ortho intramolecular Hbond substituents is 2. The zero-order valence-corrected chi connectivity index (χ0v) is 41.6. The number of pyridine rings is 2. The molecule has 0 spiro atoms. The molecule has 6 N–H and O–H groups in total. The number of halogens is 1. The van der Waals surface area contributed by atoms with E-state index in [-0.39, 0.29) is 42.2 Å². The number of morpholine rings is 1. The number of nitrogens with zero attached hydrogens (tertiary/aromatic N) is 12. The molecule has 0 amide bonds. The van der Waals surface area contributed by atoms with Crippen molar-refractivity contribution in [3.05, 3.63) is 108 Å². The Balaban J connectivity index is 0.646. The van der Waals surface area contributed by atoms with Crippen molar-refractivity contribution in [1.29, 1.82) is 0 Å². The fourth-order valence-electron chi connectivity index (χ4n) is 13.1. The van der Waals surface area contributed by atoms with Gasteiger partial charge in [-0.05, 0) is 98.5 Å². The van der Waals surface area contributed by atoms with Crippen molar-refractivity contribution in [2.45, 2.75) is 80.5 Å². The Bertz CT molecular complexity index is 3260. The van der Waals surface area contributed by atoms with Gasteiger partial charge in [-0.2, -0.15) is 0 Å². The summed E-state index contributed by atoms with van der Waals surface area (Å²) in [6.07, 6.45) is 8.08. The van der Waals surface area contributed by atoms with Crippen LogP contribution < -0.4 is 31.1 Å². The Labute approximate surface area is 435 Å². The molecule has 7 aliphatic heterocycles. The van der Waals surface area contributed by atoms with Gasteiger partial charge >= 0.3 is 0 Å². The molecule has 17 nitrogen and oxygen atoms in total. The highest BCUT2D eigenvalue weighted by atomic mass is 19.1. The van der Waals surface area contributed by atoms with Gasteiger partial charge in [0.2, 0.25) is 0 Å². The van der Waals surface area contributed by atoms with Crippen LogP contribution in [-0.4, -0.2) is 158 Å². The highest BCUT2D eigenvalue weighted by molar-refractivity contribution is 5.77. The number of nitrogens with two attached hydrogens (primary N) is 2. The summed E-state index contributed by atoms with van der Waals surface area (Å²) in [5.74, 6) is 13.5. The van der Waals surface area contributed by atoms with Crippen LogP contribution in [-0.2, 0) is 4.74 Å². The van der Waals surface area contributed by atoms with Gasteiger partial charge in [0.1, 0.15) is 29.1 Å². The van der Waals surface area contributed by atoms with Crippen LogP contribution in [0, 0.1) is 23.7 Å². The molecular formula is C57H59FN14O3. The smallest absolute Gasteiger partial charge is 0.169 e. The maximum Gasteiger partial charge on any atom is 0.169 e. The van der Waals surface area contributed by atoms with Gasteiger partial charge < -0.3 is 46.0 Å². The van der Waals surface area contributed by atoms with Gasteiger partial charge in [-0.3, -0.25) is 9.80 Å². The first-order valence-corrected chi connectivity index (χ1v) is 26.2. The fraction of sp³-hybridized carbons (Fsp3) is 0.404. The van der Waals surface area contributed by atoms with Gasteiger partial charge in [0, 0.05) is 122 Å². The standard InChI is InChI=1S/C57H59FN14O3/c58-49-33-67(20-4-6-35-22-37(16-18-61-35)71-39-12-13-40(71)28-69(27-39)52-25-50(63-65-56(52)59)46-8-1-2-11-54(46)73)32-48(49)45-9-3-10-47(55(45)74)51-26-53(57(60)66-64-51)70-29-41-14-15-42(30-70)72(41)38-17-19-62-36(23-38)7-5-21-68-31-44-24-43(68)34-75-44/h1-3,8-11,16-19,22-23,25-26,39-44,48-49,73-74H,12-15,20-21,24,27-34H2,(H2,59,65)(H2,60,66). The summed E-state index contributed by atoms with van der Waals surface area (Å²) >= 11 is 0. The number of hydrogen-bond acceptors (Lipinski definition) is 17. The van der Waals surface area contributed by atoms with Crippen LogP contribution in [0.2, 0.25) is 0 Å². The number of nitrogen functional groups attached to an aromatic ring is 2. The largest absolute Gasteiger partial charge is 0.507 e. The van der Waals surface area contributed by atoms with Crippen LogP contribution in [0.5, 0.6) is 11.5 Å². The number of anilines is 6. The highest BCUT2D eigenvalue weighted by Crippen LogP contribution is 2.44. The molecule has 8 unspecified atom stereocenters. The molecule has 7 fully saturated rings. The number of rotatable bonds is 9. The zero-order chi connectivity index (χ0) is 50.7. The van der Waals surface area contributed by atoms with Crippen molar-refractivity contribution in [1.82, 2.24) is 40.2 Å². The lowest BCUT2D eigenvalue weighted by molar-refractivity contribution is 0.0363. The van der Waals surface area contributed by atoms with Crippen molar-refractivity contribution < 1.29 is 19.3 Å². The average molecular weight is 1010 g/mol. The molecular weight excluding hydrogens is 948 g/mol. The molecule has 7 aliphatic rings. The summed E-state index contributed by atoms with van der Waals surface area (Å²) < 4.78 is 21.8. The maximum atomic E-state index is 16.0. The van der Waals surface area contributed by atoms with E-state index >= 15 is 4.39 Å². The molecule has 0 saturated carbocycles. The lowest BCUT2D eigenvalue weighted by Gasteiger charge is -2.43. The third-order valence-corrected chi connectivity index (χ3v) is 16.6. The van der Waals surface area contributed by atoms with Gasteiger partial charge in [-0.1, -0.05) is 36.1 Å². The number of likely N-dealkylation sites (tertiary alicyclic amines) is 2. The zero-order valence-electron chi connectivity index (χ0n) is 41.6. The van der Waals surface area contributed by atoms with Crippen LogP contribution >= 0.6 is 0 Å². The van der Waals surface area contributed by atoms with Gasteiger partial charge in [0.25, 0.3) is 0 Å². The van der Waals surface area contributed by atoms with E-state index in [4.69, 9.17) is 16.2 Å². The van der Waals surface area contributed by atoms with Crippen molar-refractivity contribution in [2.24, 2.45) is 0 Å². The number of aromatic nitrogens is 6. The summed E-state index contributed by atoms with van der Waals surface area (Å²) in [6, 6.07) is 26.2. The molecule has 0 aliphatic carbocycles. The monoisotopic (exact) mass is 1010 g/mol. The molecule has 18 heteroatoms. The second-order valence-electron chi connectivity index (χ2n) is 21.1. The Morgan fingerprint density at radius 2 is 1.19 bits per heavy atom. The minimum Gasteiger partial charge on any atom is -0.507 e. The van der Waals surface area contributed by atoms with E-state index in [1.54, 1.807) is 30.5 Å². The Morgan fingerprint density at radius 3 is 1.76 bits per heavy atom. The molecule has 8 atom stereocenters. The van der Waals surface area contributed by atoms with E-state index in [1.807, 2.05) is 53.6 Å². The van der Waals surface area contributed by atoms with Crippen LogP contribution in [0.3, 0.4) is 0 Å². The van der Waals surface area contributed by atoms with Gasteiger partial charge in [-0.15, -0.1) is 20.4 Å². The molecule has 11 heterocycles. The minimum absolute atomic E-state index is 0.000197. The predicted octanol–water partition coefficient (Wildman–Crippen LogP) is 5.30. The maximum absolute atomic E-state index is 16.0. The summed E-state index contributed by atoms with van der Waals surface area (Å²) in [4.78, 5) is 23.2. The number of piperazine rings is 2. The normalized spacial score (nSPS) is 25.9. The molecule has 0 radical (unpaired) electrons. The summed E-state index contributed by atoms with van der Waals surface area (Å²) in [5.41, 5.74) is 20.9. The van der Waals surface area contributed by atoms with Gasteiger partial charge in [0.15, 0.2) is 11.6 Å². The van der Waals surface area contributed by atoms with Crippen molar-refractivity contribution in [3.63, 3.8) is 0 Å². The van der Waals surface area contributed by atoms with Crippen molar-refractivity contribution >= 4 is 34.4 Å². The molecule has 6 bridgehead atoms. The number of para-hydroxylation sites is 2. The quantitative estimate of drug-likeness (QED) is 0.136. The summed E-state index contributed by atoms with van der Waals surface area (Å²) in [6.45, 7) is 6.44. The Morgan fingerprint density at radius 1 is 0.613 bits per heavy atom. The van der Waals surface area contributed by atoms with Crippen LogP contribution in [0.1, 0.15) is 55.0 Å². The molecule has 6 aromatic rings. The first kappa shape index (κ1) is 47.0. The predicted molar refractivity (Wildman–Crippen MR) is 286 cm³/mol. The van der Waals surface area contributed by atoms with Crippen LogP contribution in [0.25, 0.3) is 22.5 Å². The number of phenols is 2. The molecule has 2 aromatic carbocycles. The third kappa shape index (κ3) is 9.00. The number of benzene rings is 2. The lowest BCUT2D eigenvalue weighted by Crippen LogP contribution is -2.54. The molecule has 4 aromatic heterocycles. The average Bonchev–Trinajstić information content (AvgIpc) is 4.26. The molecule has 7 saturated heterocycles. The van der Waals surface area contributed by atoms with Gasteiger partial charge in [0.05, 0.1) is 48.6 Å². The number of fused-ring (bicyclic) bond motifs is 6. The first-order valence-electron chi connectivity index (χ1n) is 26.2. The Hall–Kier alpha value is -7.77. The third-order valence-electron chi connectivity index (χ3n) is 16.6. The van der Waals surface area contributed by atoms with Crippen LogP contribution in [0.15, 0.2) is 91.3 Å². The second kappa shape index (κ2) is 19.5. The lowest BCUT2D eigenvalue weighted by atomic mass is 9.93. The number of alkyl halides is 1. The molecule has 382 valence electrons. The van der Waals surface area contributed by atoms with E-state index in [1.165, 1.54) is 0 Å². The van der Waals surface area contributed by atoms with Crippen molar-refractivity contribution in [3.8, 4) is 57.7 Å². The highest BCUT2D eigenvalue weighted by Gasteiger charge is 2.43.